The number of ether oxygens (including phenoxy) is 1. The smallest absolute Gasteiger partial charge is 0.205 e. The first-order chi connectivity index (χ1) is 9.20. The van der Waals surface area contributed by atoms with E-state index in [-0.39, 0.29) is 17.4 Å². The summed E-state index contributed by atoms with van der Waals surface area (Å²) in [6, 6.07) is 4.63. The van der Waals surface area contributed by atoms with E-state index in [1.165, 1.54) is 23.5 Å². The fourth-order valence-electron chi connectivity index (χ4n) is 1.35. The van der Waals surface area contributed by atoms with Crippen molar-refractivity contribution in [3.05, 3.63) is 34.0 Å². The summed E-state index contributed by atoms with van der Waals surface area (Å²) in [4.78, 5) is 0. The van der Waals surface area contributed by atoms with Crippen molar-refractivity contribution >= 4 is 28.1 Å². The third kappa shape index (κ3) is 3.78. The highest BCUT2D eigenvalue weighted by Crippen LogP contribution is 2.25. The Morgan fingerprint density at radius 1 is 1.42 bits per heavy atom. The Morgan fingerprint density at radius 2 is 2.26 bits per heavy atom. The lowest BCUT2D eigenvalue weighted by Gasteiger charge is -2.05. The van der Waals surface area contributed by atoms with E-state index in [9.17, 15) is 4.39 Å². The molecule has 0 spiro atoms. The molecule has 1 aromatic heterocycles. The molecule has 0 aliphatic heterocycles. The lowest BCUT2D eigenvalue weighted by molar-refractivity contribution is 0.289. The van der Waals surface area contributed by atoms with Gasteiger partial charge in [0.05, 0.1) is 5.02 Å². The molecule has 1 aromatic carbocycles. The van der Waals surface area contributed by atoms with E-state index in [0.29, 0.717) is 5.01 Å². The first kappa shape index (κ1) is 14.0. The fourth-order valence-corrected chi connectivity index (χ4v) is 2.19. The van der Waals surface area contributed by atoms with Crippen LogP contribution in [0.5, 0.6) is 5.75 Å². The fraction of sp³-hybridized carbons (Fsp3) is 0.333. The summed E-state index contributed by atoms with van der Waals surface area (Å²) >= 11 is 7.05. The van der Waals surface area contributed by atoms with E-state index in [0.717, 1.165) is 18.1 Å². The van der Waals surface area contributed by atoms with Gasteiger partial charge in [0.15, 0.2) is 16.6 Å². The van der Waals surface area contributed by atoms with Crippen molar-refractivity contribution in [2.24, 2.45) is 0 Å². The van der Waals surface area contributed by atoms with Gasteiger partial charge in [-0.3, -0.25) is 0 Å². The number of aromatic nitrogens is 2. The van der Waals surface area contributed by atoms with Crippen molar-refractivity contribution < 1.29 is 9.13 Å². The minimum atomic E-state index is -0.557. The van der Waals surface area contributed by atoms with Crippen LogP contribution in [0.4, 0.5) is 9.52 Å². The maximum absolute atomic E-state index is 13.6. The number of nitrogens with one attached hydrogen (secondary N) is 1. The van der Waals surface area contributed by atoms with Crippen molar-refractivity contribution in [3.63, 3.8) is 0 Å². The van der Waals surface area contributed by atoms with E-state index in [1.807, 2.05) is 0 Å². The van der Waals surface area contributed by atoms with E-state index < -0.39 is 5.82 Å². The van der Waals surface area contributed by atoms with Crippen LogP contribution < -0.4 is 10.1 Å². The predicted octanol–water partition coefficient (Wildman–Crippen LogP) is 3.73. The van der Waals surface area contributed by atoms with Crippen LogP contribution in [-0.4, -0.2) is 16.7 Å². The average Bonchev–Trinajstić information content (AvgIpc) is 2.86. The van der Waals surface area contributed by atoms with Crippen LogP contribution in [0.3, 0.4) is 0 Å². The van der Waals surface area contributed by atoms with Crippen LogP contribution in [-0.2, 0) is 6.61 Å². The van der Waals surface area contributed by atoms with Gasteiger partial charge in [0.25, 0.3) is 0 Å². The van der Waals surface area contributed by atoms with Crippen LogP contribution in [0.25, 0.3) is 0 Å². The van der Waals surface area contributed by atoms with Crippen LogP contribution in [0.15, 0.2) is 18.2 Å². The molecular weight excluding hydrogens is 289 g/mol. The van der Waals surface area contributed by atoms with Gasteiger partial charge in [-0.15, -0.1) is 10.2 Å². The molecule has 0 aliphatic carbocycles. The molecule has 2 aromatic rings. The molecule has 0 saturated carbocycles. The SMILES string of the molecule is CCCNc1nnc(COc2cccc(Cl)c2F)s1. The number of rotatable bonds is 6. The second-order valence-electron chi connectivity index (χ2n) is 3.77. The van der Waals surface area contributed by atoms with Crippen LogP contribution in [0.2, 0.25) is 5.02 Å². The van der Waals surface area contributed by atoms with Crippen molar-refractivity contribution in [1.82, 2.24) is 10.2 Å². The number of halogens is 2. The summed E-state index contributed by atoms with van der Waals surface area (Å²) in [5.74, 6) is -0.441. The summed E-state index contributed by atoms with van der Waals surface area (Å²) in [5, 5.41) is 12.5. The van der Waals surface area contributed by atoms with Gasteiger partial charge in [-0.25, -0.2) is 4.39 Å². The lowest BCUT2D eigenvalue weighted by Crippen LogP contribution is -1.98. The molecule has 0 amide bonds. The molecule has 0 unspecified atom stereocenters. The number of nitrogens with zero attached hydrogens (tertiary/aromatic N) is 2. The maximum Gasteiger partial charge on any atom is 0.205 e. The zero-order chi connectivity index (χ0) is 13.7. The minimum Gasteiger partial charge on any atom is -0.483 e. The topological polar surface area (TPSA) is 47.0 Å². The Hall–Kier alpha value is -1.40. The Balaban J connectivity index is 1.95. The zero-order valence-electron chi connectivity index (χ0n) is 10.3. The second kappa shape index (κ2) is 6.68. The molecular formula is C12H13ClFN3OS. The third-order valence-electron chi connectivity index (χ3n) is 2.26. The number of anilines is 1. The molecule has 0 aliphatic rings. The first-order valence-electron chi connectivity index (χ1n) is 5.83. The largest absolute Gasteiger partial charge is 0.483 e. The molecule has 4 nitrogen and oxygen atoms in total. The summed E-state index contributed by atoms with van der Waals surface area (Å²) in [6.45, 7) is 3.08. The normalized spacial score (nSPS) is 10.5. The maximum atomic E-state index is 13.6. The van der Waals surface area contributed by atoms with Gasteiger partial charge in [0, 0.05) is 6.54 Å². The van der Waals surface area contributed by atoms with Gasteiger partial charge in [0.2, 0.25) is 5.13 Å². The Kier molecular flexibility index (Phi) is 4.93. The van der Waals surface area contributed by atoms with Gasteiger partial charge < -0.3 is 10.1 Å². The number of benzene rings is 1. The van der Waals surface area contributed by atoms with E-state index in [1.54, 1.807) is 6.07 Å². The van der Waals surface area contributed by atoms with Gasteiger partial charge >= 0.3 is 0 Å². The summed E-state index contributed by atoms with van der Waals surface area (Å²) in [7, 11) is 0. The monoisotopic (exact) mass is 301 g/mol. The van der Waals surface area contributed by atoms with Gasteiger partial charge in [-0.05, 0) is 18.6 Å². The molecule has 102 valence electrons. The first-order valence-corrected chi connectivity index (χ1v) is 7.03. The van der Waals surface area contributed by atoms with E-state index >= 15 is 0 Å². The van der Waals surface area contributed by atoms with Crippen molar-refractivity contribution in [2.75, 3.05) is 11.9 Å². The highest BCUT2D eigenvalue weighted by molar-refractivity contribution is 7.15. The average molecular weight is 302 g/mol. The highest BCUT2D eigenvalue weighted by Gasteiger charge is 2.09. The molecule has 1 heterocycles. The predicted molar refractivity (Wildman–Crippen MR) is 74.4 cm³/mol. The van der Waals surface area contributed by atoms with Crippen molar-refractivity contribution in [3.8, 4) is 5.75 Å². The van der Waals surface area contributed by atoms with Gasteiger partial charge in [-0.2, -0.15) is 0 Å². The lowest BCUT2D eigenvalue weighted by atomic mass is 10.3. The molecule has 1 N–H and O–H groups in total. The van der Waals surface area contributed by atoms with Crippen molar-refractivity contribution in [1.29, 1.82) is 0 Å². The molecule has 0 atom stereocenters. The van der Waals surface area contributed by atoms with Crippen LogP contribution >= 0.6 is 22.9 Å². The molecule has 19 heavy (non-hydrogen) atoms. The molecule has 2 rings (SSSR count). The number of hydrogen-bond acceptors (Lipinski definition) is 5. The summed E-state index contributed by atoms with van der Waals surface area (Å²) in [5.41, 5.74) is 0. The Morgan fingerprint density at radius 3 is 3.05 bits per heavy atom. The third-order valence-corrected chi connectivity index (χ3v) is 3.41. The van der Waals surface area contributed by atoms with Crippen LogP contribution in [0.1, 0.15) is 18.4 Å². The Bertz CT molecular complexity index is 550. The molecule has 0 saturated heterocycles. The molecule has 0 fully saturated rings. The quantitative estimate of drug-likeness (QED) is 0.883. The molecule has 0 bridgehead atoms. The second-order valence-corrected chi connectivity index (χ2v) is 5.24. The highest BCUT2D eigenvalue weighted by atomic mass is 35.5. The number of hydrogen-bond donors (Lipinski definition) is 1. The standard InChI is InChI=1S/C12H13ClFN3OS/c1-2-6-15-12-17-16-10(19-12)7-18-9-5-3-4-8(13)11(9)14/h3-5H,2,6-7H2,1H3,(H,15,17). The van der Waals surface area contributed by atoms with E-state index in [4.69, 9.17) is 16.3 Å². The Labute approximate surface area is 119 Å². The zero-order valence-corrected chi connectivity index (χ0v) is 11.9. The van der Waals surface area contributed by atoms with Crippen molar-refractivity contribution in [2.45, 2.75) is 20.0 Å². The van der Waals surface area contributed by atoms with Gasteiger partial charge in [-0.1, -0.05) is 35.9 Å². The minimum absolute atomic E-state index is 0.0417. The summed E-state index contributed by atoms with van der Waals surface area (Å²) in [6.07, 6.45) is 1.01. The molecule has 7 heteroatoms. The molecule has 0 radical (unpaired) electrons. The van der Waals surface area contributed by atoms with Gasteiger partial charge in [0.1, 0.15) is 6.61 Å². The van der Waals surface area contributed by atoms with Crippen LogP contribution in [0, 0.1) is 5.82 Å². The van der Waals surface area contributed by atoms with E-state index in [2.05, 4.69) is 22.4 Å². The summed E-state index contributed by atoms with van der Waals surface area (Å²) < 4.78 is 18.9.